The predicted octanol–water partition coefficient (Wildman–Crippen LogP) is 2.97. The first-order valence-electron chi connectivity index (χ1n) is 10.0. The molecular weight excluding hydrogens is 340 g/mol. The molecule has 1 aromatic carbocycles. The van der Waals surface area contributed by atoms with Crippen molar-refractivity contribution < 1.29 is 14.3 Å². The summed E-state index contributed by atoms with van der Waals surface area (Å²) < 4.78 is 6.55. The van der Waals surface area contributed by atoms with Crippen LogP contribution in [0.15, 0.2) is 30.3 Å². The van der Waals surface area contributed by atoms with E-state index in [0.717, 1.165) is 5.56 Å². The number of rotatable bonds is 2. The molecule has 3 atom stereocenters. The molecule has 4 fully saturated rings. The van der Waals surface area contributed by atoms with Crippen LogP contribution in [0.25, 0.3) is 0 Å². The van der Waals surface area contributed by atoms with Crippen LogP contribution in [0, 0.1) is 16.7 Å². The zero-order chi connectivity index (χ0) is 19.2. The molecule has 0 radical (unpaired) electrons. The quantitative estimate of drug-likeness (QED) is 0.806. The lowest BCUT2D eigenvalue weighted by Crippen LogP contribution is -2.49. The fourth-order valence-corrected chi connectivity index (χ4v) is 5.91. The van der Waals surface area contributed by atoms with E-state index in [2.05, 4.69) is 39.8 Å². The fourth-order valence-electron chi connectivity index (χ4n) is 5.91. The number of amides is 2. The molecule has 27 heavy (non-hydrogen) atoms. The SMILES string of the molecule is CC1(C)C(C(=O)N2CC[C@@]34O[C@@H](c5ccccc5)CN3C(=O)C[C@@H]24)C1(C)C. The van der Waals surface area contributed by atoms with E-state index in [4.69, 9.17) is 4.74 Å². The third-order valence-electron chi connectivity index (χ3n) is 8.15. The van der Waals surface area contributed by atoms with Crippen LogP contribution in [-0.4, -0.2) is 46.5 Å². The molecule has 0 aromatic heterocycles. The van der Waals surface area contributed by atoms with Crippen molar-refractivity contribution in [3.63, 3.8) is 0 Å². The van der Waals surface area contributed by atoms with Gasteiger partial charge in [0.15, 0.2) is 5.72 Å². The maximum absolute atomic E-state index is 13.4. The van der Waals surface area contributed by atoms with Crippen LogP contribution in [0.2, 0.25) is 0 Å². The van der Waals surface area contributed by atoms with Gasteiger partial charge in [-0.25, -0.2) is 0 Å². The summed E-state index contributed by atoms with van der Waals surface area (Å²) in [5.74, 6) is 0.342. The Labute approximate surface area is 160 Å². The average molecular weight is 368 g/mol. The Morgan fingerprint density at radius 1 is 1.11 bits per heavy atom. The lowest BCUT2D eigenvalue weighted by Gasteiger charge is -2.32. The summed E-state index contributed by atoms with van der Waals surface area (Å²) >= 11 is 0. The molecule has 0 unspecified atom stereocenters. The summed E-state index contributed by atoms with van der Waals surface area (Å²) in [5, 5.41) is 0. The largest absolute Gasteiger partial charge is 0.343 e. The van der Waals surface area contributed by atoms with E-state index in [1.807, 2.05) is 28.0 Å². The molecule has 5 nitrogen and oxygen atoms in total. The lowest BCUT2D eigenvalue weighted by atomic mass is 10.0. The molecule has 1 saturated carbocycles. The zero-order valence-corrected chi connectivity index (χ0v) is 16.6. The van der Waals surface area contributed by atoms with E-state index < -0.39 is 5.72 Å². The van der Waals surface area contributed by atoms with E-state index in [9.17, 15) is 9.59 Å². The van der Waals surface area contributed by atoms with Gasteiger partial charge in [0.2, 0.25) is 11.8 Å². The van der Waals surface area contributed by atoms with Crippen LogP contribution in [-0.2, 0) is 14.3 Å². The fraction of sp³-hybridized carbons (Fsp3) is 0.636. The molecule has 5 rings (SSSR count). The molecule has 3 heterocycles. The number of nitrogens with zero attached hydrogens (tertiary/aromatic N) is 2. The van der Waals surface area contributed by atoms with E-state index in [1.54, 1.807) is 0 Å². The van der Waals surface area contributed by atoms with Crippen LogP contribution in [0.3, 0.4) is 0 Å². The number of benzene rings is 1. The summed E-state index contributed by atoms with van der Waals surface area (Å²) in [6.45, 7) is 9.95. The van der Waals surface area contributed by atoms with Gasteiger partial charge >= 0.3 is 0 Å². The Hall–Kier alpha value is -1.88. The summed E-state index contributed by atoms with van der Waals surface area (Å²) in [5.41, 5.74) is 0.481. The Morgan fingerprint density at radius 2 is 1.78 bits per heavy atom. The van der Waals surface area contributed by atoms with Crippen LogP contribution in [0.5, 0.6) is 0 Å². The van der Waals surface area contributed by atoms with Crippen molar-refractivity contribution in [2.45, 2.75) is 58.4 Å². The molecule has 4 aliphatic rings. The second-order valence-corrected chi connectivity index (χ2v) is 9.74. The predicted molar refractivity (Wildman–Crippen MR) is 100 cm³/mol. The van der Waals surface area contributed by atoms with Crippen LogP contribution < -0.4 is 0 Å². The van der Waals surface area contributed by atoms with Gasteiger partial charge in [-0.3, -0.25) is 9.59 Å². The third-order valence-corrected chi connectivity index (χ3v) is 8.15. The summed E-state index contributed by atoms with van der Waals surface area (Å²) in [6.07, 6.45) is 0.995. The van der Waals surface area contributed by atoms with Gasteiger partial charge in [-0.15, -0.1) is 0 Å². The highest BCUT2D eigenvalue weighted by atomic mass is 16.5. The molecule has 3 saturated heterocycles. The second-order valence-electron chi connectivity index (χ2n) is 9.74. The van der Waals surface area contributed by atoms with Gasteiger partial charge in [0.05, 0.1) is 19.0 Å². The molecule has 5 heteroatoms. The first-order chi connectivity index (χ1) is 12.7. The van der Waals surface area contributed by atoms with Gasteiger partial charge in [0.25, 0.3) is 0 Å². The highest BCUT2D eigenvalue weighted by molar-refractivity contribution is 5.88. The number of carbonyl (C=O) groups excluding carboxylic acids is 2. The van der Waals surface area contributed by atoms with Crippen molar-refractivity contribution in [1.82, 2.24) is 9.80 Å². The Balaban J connectivity index is 1.42. The maximum atomic E-state index is 13.4. The number of hydrogen-bond donors (Lipinski definition) is 0. The first kappa shape index (κ1) is 17.2. The molecule has 1 aliphatic carbocycles. The molecule has 144 valence electrons. The molecule has 1 spiro atoms. The number of hydrogen-bond acceptors (Lipinski definition) is 3. The molecule has 1 aromatic rings. The highest BCUT2D eigenvalue weighted by Crippen LogP contribution is 2.69. The molecular formula is C22H28N2O3. The minimum Gasteiger partial charge on any atom is -0.343 e. The summed E-state index contributed by atoms with van der Waals surface area (Å²) in [4.78, 5) is 30.0. The van der Waals surface area contributed by atoms with Crippen molar-refractivity contribution in [3.05, 3.63) is 35.9 Å². The lowest BCUT2D eigenvalue weighted by molar-refractivity contribution is -0.144. The van der Waals surface area contributed by atoms with E-state index in [0.29, 0.717) is 25.9 Å². The third kappa shape index (κ3) is 2.04. The molecule has 0 N–H and O–H groups in total. The van der Waals surface area contributed by atoms with Crippen molar-refractivity contribution in [2.24, 2.45) is 16.7 Å². The minimum atomic E-state index is -0.629. The van der Waals surface area contributed by atoms with Gasteiger partial charge in [0.1, 0.15) is 6.10 Å². The van der Waals surface area contributed by atoms with Gasteiger partial charge in [-0.05, 0) is 16.4 Å². The monoisotopic (exact) mass is 368 g/mol. The number of carbonyl (C=O) groups is 2. The topological polar surface area (TPSA) is 49.9 Å². The summed E-state index contributed by atoms with van der Waals surface area (Å²) in [6, 6.07) is 9.94. The first-order valence-corrected chi connectivity index (χ1v) is 10.0. The van der Waals surface area contributed by atoms with Crippen LogP contribution in [0.1, 0.15) is 52.2 Å². The van der Waals surface area contributed by atoms with E-state index >= 15 is 0 Å². The minimum absolute atomic E-state index is 0.00520. The molecule has 3 aliphatic heterocycles. The molecule has 2 amide bonds. The Bertz CT molecular complexity index is 804. The van der Waals surface area contributed by atoms with Crippen molar-refractivity contribution in [3.8, 4) is 0 Å². The van der Waals surface area contributed by atoms with E-state index in [1.165, 1.54) is 0 Å². The summed E-state index contributed by atoms with van der Waals surface area (Å²) in [7, 11) is 0. The standard InChI is InChI=1S/C22H28N2O3/c1-20(2)18(21(20,3)4)19(26)23-11-10-22-16(23)12-17(25)24(22)13-15(27-22)14-8-6-5-7-9-14/h5-9,15-16,18H,10-13H2,1-4H3/t15-,16-,22+/m1/s1. The zero-order valence-electron chi connectivity index (χ0n) is 16.6. The van der Waals surface area contributed by atoms with Crippen LogP contribution >= 0.6 is 0 Å². The number of likely N-dealkylation sites (tertiary alicyclic amines) is 1. The van der Waals surface area contributed by atoms with Crippen LogP contribution in [0.4, 0.5) is 0 Å². The van der Waals surface area contributed by atoms with E-state index in [-0.39, 0.29) is 40.7 Å². The average Bonchev–Trinajstić information content (AvgIpc) is 3.05. The second kappa shape index (κ2) is 5.13. The number of ether oxygens (including phenoxy) is 1. The van der Waals surface area contributed by atoms with Crippen molar-refractivity contribution >= 4 is 11.8 Å². The maximum Gasteiger partial charge on any atom is 0.227 e. The van der Waals surface area contributed by atoms with Gasteiger partial charge < -0.3 is 14.5 Å². The van der Waals surface area contributed by atoms with Crippen molar-refractivity contribution in [2.75, 3.05) is 13.1 Å². The Morgan fingerprint density at radius 3 is 2.41 bits per heavy atom. The Kier molecular flexibility index (Phi) is 3.28. The van der Waals surface area contributed by atoms with Gasteiger partial charge in [0, 0.05) is 18.9 Å². The smallest absolute Gasteiger partial charge is 0.227 e. The normalized spacial score (nSPS) is 36.1. The van der Waals surface area contributed by atoms with Gasteiger partial charge in [-0.1, -0.05) is 58.0 Å². The highest BCUT2D eigenvalue weighted by Gasteiger charge is 2.72. The molecule has 0 bridgehead atoms. The van der Waals surface area contributed by atoms with Gasteiger partial charge in [-0.2, -0.15) is 0 Å². The van der Waals surface area contributed by atoms with Crippen molar-refractivity contribution in [1.29, 1.82) is 0 Å².